The molecule has 216 valence electrons. The molecule has 1 aliphatic rings. The molecule has 0 radical (unpaired) electrons. The lowest BCUT2D eigenvalue weighted by Gasteiger charge is -2.37. The molecular weight excluding hydrogens is 519 g/mol. The third-order valence-corrected chi connectivity index (χ3v) is 8.48. The van der Waals surface area contributed by atoms with Crippen molar-refractivity contribution in [2.45, 2.75) is 78.7 Å². The quantitative estimate of drug-likeness (QED) is 0.286. The Labute approximate surface area is 240 Å². The fourth-order valence-electron chi connectivity index (χ4n) is 6.10. The van der Waals surface area contributed by atoms with Crippen LogP contribution in [0, 0.1) is 24.6 Å². The summed E-state index contributed by atoms with van der Waals surface area (Å²) in [5.74, 6) is 0.0487. The number of carbonyl (C=O) groups excluding carboxylic acids is 2. The van der Waals surface area contributed by atoms with Gasteiger partial charge in [0.1, 0.15) is 17.2 Å². The number of benzene rings is 1. The lowest BCUT2D eigenvalue weighted by atomic mass is 9.81. The molecule has 1 fully saturated rings. The first kappa shape index (κ1) is 28.6. The number of nitrogens with zero attached hydrogens (tertiary/aromatic N) is 5. The molecule has 41 heavy (non-hydrogen) atoms. The number of hydrogen-bond acceptors (Lipinski definition) is 5. The third kappa shape index (κ3) is 5.67. The van der Waals surface area contributed by atoms with E-state index in [-0.39, 0.29) is 34.8 Å². The summed E-state index contributed by atoms with van der Waals surface area (Å²) in [6.45, 7) is 14.9. The number of carbonyl (C=O) groups is 2. The maximum absolute atomic E-state index is 14.1. The number of likely N-dealkylation sites (tertiary alicyclic amines) is 1. The predicted molar refractivity (Wildman–Crippen MR) is 156 cm³/mol. The number of ketones is 1. The normalized spacial score (nSPS) is 19.4. The van der Waals surface area contributed by atoms with Gasteiger partial charge in [0.2, 0.25) is 0 Å². The van der Waals surface area contributed by atoms with Gasteiger partial charge in [-0.25, -0.2) is 13.9 Å². The van der Waals surface area contributed by atoms with Crippen molar-refractivity contribution < 1.29 is 14.0 Å². The number of aromatic nitrogens is 5. The Hall–Kier alpha value is -3.88. The highest BCUT2D eigenvalue weighted by molar-refractivity contribution is 5.94. The Bertz CT molecular complexity index is 1600. The number of hydrogen-bond donors (Lipinski definition) is 1. The molecular formula is C32H39FN6O2. The lowest BCUT2D eigenvalue weighted by Crippen LogP contribution is -2.47. The Kier molecular flexibility index (Phi) is 7.34. The van der Waals surface area contributed by atoms with Crippen LogP contribution in [-0.2, 0) is 5.41 Å². The number of imidazole rings is 1. The van der Waals surface area contributed by atoms with E-state index in [4.69, 9.17) is 10.1 Å². The highest BCUT2D eigenvalue weighted by Crippen LogP contribution is 2.37. The maximum Gasteiger partial charge on any atom is 0.274 e. The van der Waals surface area contributed by atoms with Crippen LogP contribution in [0.25, 0.3) is 16.9 Å². The van der Waals surface area contributed by atoms with Crippen LogP contribution in [0.5, 0.6) is 0 Å². The molecule has 0 saturated carbocycles. The van der Waals surface area contributed by atoms with E-state index in [1.54, 1.807) is 42.0 Å². The smallest absolute Gasteiger partial charge is 0.274 e. The van der Waals surface area contributed by atoms with Gasteiger partial charge in [-0.05, 0) is 86.8 Å². The van der Waals surface area contributed by atoms with E-state index in [0.29, 0.717) is 41.3 Å². The van der Waals surface area contributed by atoms with Gasteiger partial charge in [0.05, 0.1) is 11.9 Å². The molecule has 0 aliphatic carbocycles. The van der Waals surface area contributed by atoms with E-state index in [9.17, 15) is 14.0 Å². The molecule has 4 heterocycles. The first-order chi connectivity index (χ1) is 19.2. The van der Waals surface area contributed by atoms with Crippen molar-refractivity contribution >= 4 is 17.3 Å². The molecule has 1 aromatic carbocycles. The number of rotatable bonds is 5. The van der Waals surface area contributed by atoms with E-state index in [1.165, 1.54) is 6.07 Å². The molecule has 2 unspecified atom stereocenters. The number of H-pyrrole nitrogens is 1. The average molecular weight is 559 g/mol. The first-order valence-electron chi connectivity index (χ1n) is 14.3. The van der Waals surface area contributed by atoms with Crippen LogP contribution in [-0.4, -0.2) is 53.5 Å². The van der Waals surface area contributed by atoms with Gasteiger partial charge in [0, 0.05) is 35.8 Å². The number of aromatic amines is 1. The van der Waals surface area contributed by atoms with E-state index in [0.717, 1.165) is 24.0 Å². The van der Waals surface area contributed by atoms with Gasteiger partial charge in [-0.15, -0.1) is 0 Å². The summed E-state index contributed by atoms with van der Waals surface area (Å²) in [5, 5.41) is 11.5. The van der Waals surface area contributed by atoms with Crippen molar-refractivity contribution in [1.82, 2.24) is 29.7 Å². The minimum Gasteiger partial charge on any atom is -0.332 e. The minimum atomic E-state index is -0.421. The van der Waals surface area contributed by atoms with Crippen LogP contribution in [0.1, 0.15) is 92.9 Å². The molecule has 8 nitrogen and oxygen atoms in total. The molecule has 3 aromatic heterocycles. The number of nitrogens with one attached hydrogen (secondary N) is 1. The third-order valence-electron chi connectivity index (χ3n) is 8.48. The van der Waals surface area contributed by atoms with E-state index >= 15 is 0 Å². The second kappa shape index (κ2) is 10.5. The fraction of sp³-hybridized carbons (Fsp3) is 0.469. The van der Waals surface area contributed by atoms with Gasteiger partial charge in [-0.2, -0.15) is 10.2 Å². The predicted octanol–water partition coefficient (Wildman–Crippen LogP) is 6.40. The van der Waals surface area contributed by atoms with Gasteiger partial charge < -0.3 is 4.90 Å². The molecule has 5 rings (SSSR count). The van der Waals surface area contributed by atoms with Crippen LogP contribution in [0.15, 0.2) is 42.7 Å². The van der Waals surface area contributed by atoms with Gasteiger partial charge in [0.15, 0.2) is 11.4 Å². The zero-order valence-electron chi connectivity index (χ0n) is 25.0. The molecule has 4 aromatic rings. The van der Waals surface area contributed by atoms with Crippen molar-refractivity contribution in [3.8, 4) is 11.3 Å². The molecule has 1 saturated heterocycles. The SMILES string of the molecule is Cc1cc(-c2cc(C(C)(C)C)c3nc(C(=O)N4CCC(CC(=O)c5ccn[nH]5)C(C)CC4(C)C)cn3n2)ccc1F. The van der Waals surface area contributed by atoms with Crippen molar-refractivity contribution in [3.05, 3.63) is 71.1 Å². The summed E-state index contributed by atoms with van der Waals surface area (Å²) >= 11 is 0. The number of Topliss-reactive ketones (excluding diaryl/α,β-unsaturated/α-hetero) is 1. The maximum atomic E-state index is 14.1. The summed E-state index contributed by atoms with van der Waals surface area (Å²) in [7, 11) is 0. The van der Waals surface area contributed by atoms with Gasteiger partial charge >= 0.3 is 0 Å². The van der Waals surface area contributed by atoms with Crippen molar-refractivity contribution in [2.24, 2.45) is 11.8 Å². The van der Waals surface area contributed by atoms with Crippen LogP contribution >= 0.6 is 0 Å². The highest BCUT2D eigenvalue weighted by Gasteiger charge is 2.39. The lowest BCUT2D eigenvalue weighted by molar-refractivity contribution is 0.0536. The topological polar surface area (TPSA) is 96.2 Å². The van der Waals surface area contributed by atoms with Crippen LogP contribution in [0.2, 0.25) is 0 Å². The van der Waals surface area contributed by atoms with Crippen molar-refractivity contribution in [1.29, 1.82) is 0 Å². The number of aryl methyl sites for hydroxylation is 1. The standard InChI is InChI=1S/C32H39FN6O2/c1-19-14-22(8-9-24(19)33)26-16-23(31(3,4)5)29-35-27(18-39(29)37-26)30(41)38-13-11-21(20(2)17-32(38,6)7)15-28(40)25-10-12-34-36-25/h8-10,12,14,16,18,20-21H,11,13,15,17H2,1-7H3,(H,34,36). The Morgan fingerprint density at radius 2 is 1.93 bits per heavy atom. The van der Waals surface area contributed by atoms with Crippen molar-refractivity contribution in [3.63, 3.8) is 0 Å². The summed E-state index contributed by atoms with van der Waals surface area (Å²) in [4.78, 5) is 33.6. The zero-order valence-corrected chi connectivity index (χ0v) is 25.0. The number of fused-ring (bicyclic) bond motifs is 1. The van der Waals surface area contributed by atoms with Crippen LogP contribution in [0.4, 0.5) is 4.39 Å². The summed E-state index contributed by atoms with van der Waals surface area (Å²) in [6, 6.07) is 8.65. The van der Waals surface area contributed by atoms with Crippen LogP contribution in [0.3, 0.4) is 0 Å². The fourth-order valence-corrected chi connectivity index (χ4v) is 6.10. The number of halogens is 1. The summed E-state index contributed by atoms with van der Waals surface area (Å²) in [6.07, 6.45) is 5.21. The van der Waals surface area contributed by atoms with Gasteiger partial charge in [-0.3, -0.25) is 14.7 Å². The molecule has 9 heteroatoms. The van der Waals surface area contributed by atoms with E-state index in [2.05, 4.69) is 51.7 Å². The second-order valence-corrected chi connectivity index (χ2v) is 13.1. The highest BCUT2D eigenvalue weighted by atomic mass is 19.1. The summed E-state index contributed by atoms with van der Waals surface area (Å²) in [5.41, 5.74) is 3.79. The Morgan fingerprint density at radius 1 is 1.17 bits per heavy atom. The number of amides is 1. The molecule has 2 atom stereocenters. The molecule has 0 spiro atoms. The minimum absolute atomic E-state index is 0.0465. The molecule has 1 aliphatic heterocycles. The monoisotopic (exact) mass is 558 g/mol. The van der Waals surface area contributed by atoms with Crippen molar-refractivity contribution in [2.75, 3.05) is 6.54 Å². The van der Waals surface area contributed by atoms with E-state index < -0.39 is 5.54 Å². The van der Waals surface area contributed by atoms with Gasteiger partial charge in [0.25, 0.3) is 5.91 Å². The molecule has 1 N–H and O–H groups in total. The second-order valence-electron chi connectivity index (χ2n) is 13.1. The molecule has 0 bridgehead atoms. The molecule has 1 amide bonds. The average Bonchev–Trinajstić information content (AvgIpc) is 3.56. The Balaban J connectivity index is 1.47. The van der Waals surface area contributed by atoms with Gasteiger partial charge in [-0.1, -0.05) is 27.7 Å². The van der Waals surface area contributed by atoms with E-state index in [1.807, 2.05) is 11.0 Å². The first-order valence-corrected chi connectivity index (χ1v) is 14.3. The Morgan fingerprint density at radius 3 is 2.59 bits per heavy atom. The summed E-state index contributed by atoms with van der Waals surface area (Å²) < 4.78 is 15.7. The largest absolute Gasteiger partial charge is 0.332 e. The van der Waals surface area contributed by atoms with Crippen LogP contribution < -0.4 is 0 Å². The zero-order chi connectivity index (χ0) is 29.7.